The number of anilines is 1. The number of piperidine rings is 2. The van der Waals surface area contributed by atoms with Crippen LogP contribution in [0.15, 0.2) is 18.2 Å². The van der Waals surface area contributed by atoms with Gasteiger partial charge in [0.2, 0.25) is 10.0 Å². The standard InChI is InChI=1S/C21H30ClN3O3S/c22-19-14-17(25-12-3-4-13-29(25,27)28)8-9-18(19)21(26)23-15-16-6-5-11-24-10-2-1-7-20(16)24/h8-9,14,16,20H,1-7,10-13,15H2,(H,23,26)/t16-,20+/m0/s1. The Hall–Kier alpha value is -1.31. The highest BCUT2D eigenvalue weighted by Crippen LogP contribution is 2.31. The lowest BCUT2D eigenvalue weighted by Gasteiger charge is -2.44. The van der Waals surface area contributed by atoms with Crippen molar-refractivity contribution in [1.29, 1.82) is 0 Å². The second-order valence-electron chi connectivity index (χ2n) is 8.47. The predicted molar refractivity (Wildman–Crippen MR) is 116 cm³/mol. The van der Waals surface area contributed by atoms with E-state index in [0.29, 0.717) is 47.7 Å². The molecule has 1 aromatic rings. The van der Waals surface area contributed by atoms with Gasteiger partial charge in [-0.1, -0.05) is 18.0 Å². The molecule has 1 amide bonds. The van der Waals surface area contributed by atoms with E-state index < -0.39 is 10.0 Å². The van der Waals surface area contributed by atoms with Gasteiger partial charge in [-0.2, -0.15) is 0 Å². The van der Waals surface area contributed by atoms with E-state index in [-0.39, 0.29) is 11.7 Å². The number of fused-ring (bicyclic) bond motifs is 1. The fraction of sp³-hybridized carbons (Fsp3) is 0.667. The van der Waals surface area contributed by atoms with Crippen molar-refractivity contribution in [3.8, 4) is 0 Å². The lowest BCUT2D eigenvalue weighted by Crippen LogP contribution is -2.51. The Bertz CT molecular complexity index is 859. The summed E-state index contributed by atoms with van der Waals surface area (Å²) < 4.78 is 26.0. The van der Waals surface area contributed by atoms with E-state index in [4.69, 9.17) is 11.6 Å². The Kier molecular flexibility index (Phi) is 6.37. The molecular formula is C21H30ClN3O3S. The smallest absolute Gasteiger partial charge is 0.252 e. The van der Waals surface area contributed by atoms with Crippen molar-refractivity contribution in [1.82, 2.24) is 10.2 Å². The number of hydrogen-bond donors (Lipinski definition) is 1. The van der Waals surface area contributed by atoms with E-state index in [9.17, 15) is 13.2 Å². The number of hydrogen-bond acceptors (Lipinski definition) is 4. The monoisotopic (exact) mass is 439 g/mol. The zero-order valence-corrected chi connectivity index (χ0v) is 18.3. The highest BCUT2D eigenvalue weighted by molar-refractivity contribution is 7.92. The number of halogens is 1. The van der Waals surface area contributed by atoms with E-state index in [2.05, 4.69) is 10.2 Å². The third-order valence-electron chi connectivity index (χ3n) is 6.59. The summed E-state index contributed by atoms with van der Waals surface area (Å²) in [6, 6.07) is 5.51. The second kappa shape index (κ2) is 8.82. The molecule has 3 aliphatic rings. The number of amides is 1. The summed E-state index contributed by atoms with van der Waals surface area (Å²) in [7, 11) is -3.29. The Morgan fingerprint density at radius 1 is 1.07 bits per heavy atom. The topological polar surface area (TPSA) is 69.7 Å². The summed E-state index contributed by atoms with van der Waals surface area (Å²) in [5.74, 6) is 0.465. The molecule has 0 radical (unpaired) electrons. The Balaban J connectivity index is 1.41. The van der Waals surface area contributed by atoms with Crippen molar-refractivity contribution >= 4 is 33.2 Å². The molecule has 6 nitrogen and oxygen atoms in total. The van der Waals surface area contributed by atoms with Gasteiger partial charge in [0.25, 0.3) is 5.91 Å². The van der Waals surface area contributed by atoms with Crippen LogP contribution in [0, 0.1) is 5.92 Å². The lowest BCUT2D eigenvalue weighted by molar-refractivity contribution is 0.0575. The van der Waals surface area contributed by atoms with Crippen LogP contribution >= 0.6 is 11.6 Å². The minimum Gasteiger partial charge on any atom is -0.352 e. The van der Waals surface area contributed by atoms with Gasteiger partial charge >= 0.3 is 0 Å². The summed E-state index contributed by atoms with van der Waals surface area (Å²) in [5, 5.41) is 3.37. The van der Waals surface area contributed by atoms with E-state index in [1.165, 1.54) is 43.1 Å². The van der Waals surface area contributed by atoms with E-state index >= 15 is 0 Å². The largest absolute Gasteiger partial charge is 0.352 e. The Morgan fingerprint density at radius 3 is 2.66 bits per heavy atom. The van der Waals surface area contributed by atoms with Gasteiger partial charge in [-0.05, 0) is 75.7 Å². The number of carbonyl (C=O) groups excluding carboxylic acids is 1. The van der Waals surface area contributed by atoms with Gasteiger partial charge in [-0.15, -0.1) is 0 Å². The average Bonchev–Trinajstić information content (AvgIpc) is 2.71. The molecule has 2 atom stereocenters. The number of rotatable bonds is 4. The maximum Gasteiger partial charge on any atom is 0.252 e. The van der Waals surface area contributed by atoms with E-state index in [1.807, 2.05) is 0 Å². The molecule has 160 valence electrons. The molecule has 3 heterocycles. The molecule has 4 rings (SSSR count). The average molecular weight is 440 g/mol. The fourth-order valence-corrected chi connectivity index (χ4v) is 6.95. The van der Waals surface area contributed by atoms with Gasteiger partial charge < -0.3 is 10.2 Å². The first-order valence-corrected chi connectivity index (χ1v) is 12.8. The van der Waals surface area contributed by atoms with E-state index in [1.54, 1.807) is 18.2 Å². The molecular weight excluding hydrogens is 410 g/mol. The normalized spacial score (nSPS) is 27.3. The molecule has 1 aromatic carbocycles. The van der Waals surface area contributed by atoms with Crippen molar-refractivity contribution in [2.75, 3.05) is 36.2 Å². The second-order valence-corrected chi connectivity index (χ2v) is 10.9. The van der Waals surface area contributed by atoms with Gasteiger partial charge in [0.15, 0.2) is 0 Å². The summed E-state index contributed by atoms with van der Waals surface area (Å²) in [5.41, 5.74) is 0.942. The van der Waals surface area contributed by atoms with Crippen LogP contribution in [0.2, 0.25) is 5.02 Å². The van der Waals surface area contributed by atoms with Crippen LogP contribution in [0.4, 0.5) is 5.69 Å². The fourth-order valence-electron chi connectivity index (χ4n) is 5.06. The summed E-state index contributed by atoms with van der Waals surface area (Å²) in [6.45, 7) is 3.49. The number of sulfonamides is 1. The van der Waals surface area contributed by atoms with Crippen LogP contribution < -0.4 is 9.62 Å². The first-order valence-electron chi connectivity index (χ1n) is 10.8. The minimum atomic E-state index is -3.29. The van der Waals surface area contributed by atoms with Crippen LogP contribution in [0.5, 0.6) is 0 Å². The van der Waals surface area contributed by atoms with Crippen molar-refractivity contribution in [3.05, 3.63) is 28.8 Å². The molecule has 0 spiro atoms. The third-order valence-corrected chi connectivity index (χ3v) is 8.77. The van der Waals surface area contributed by atoms with Gasteiger partial charge in [-0.25, -0.2) is 8.42 Å². The van der Waals surface area contributed by atoms with E-state index in [0.717, 1.165) is 12.8 Å². The van der Waals surface area contributed by atoms with Crippen molar-refractivity contribution in [2.45, 2.75) is 51.0 Å². The lowest BCUT2D eigenvalue weighted by atomic mass is 9.83. The van der Waals surface area contributed by atoms with Crippen LogP contribution in [0.1, 0.15) is 55.3 Å². The first kappa shape index (κ1) is 20.9. The molecule has 0 unspecified atom stereocenters. The maximum absolute atomic E-state index is 12.7. The van der Waals surface area contributed by atoms with Crippen molar-refractivity contribution in [2.24, 2.45) is 5.92 Å². The summed E-state index contributed by atoms with van der Waals surface area (Å²) >= 11 is 6.38. The summed E-state index contributed by atoms with van der Waals surface area (Å²) in [4.78, 5) is 15.3. The van der Waals surface area contributed by atoms with Gasteiger partial charge in [0.1, 0.15) is 0 Å². The molecule has 0 aromatic heterocycles. The van der Waals surface area contributed by atoms with Crippen LogP contribution in [0.3, 0.4) is 0 Å². The SMILES string of the molecule is O=C(NC[C@@H]1CCCN2CCCC[C@H]12)c1ccc(N2CCCCS2(=O)=O)cc1Cl. The Labute approximate surface area is 178 Å². The van der Waals surface area contributed by atoms with Crippen molar-refractivity contribution in [3.63, 3.8) is 0 Å². The highest BCUT2D eigenvalue weighted by atomic mass is 35.5. The maximum atomic E-state index is 12.7. The number of carbonyl (C=O) groups is 1. The predicted octanol–water partition coefficient (Wildman–Crippen LogP) is 3.26. The molecule has 3 aliphatic heterocycles. The quantitative estimate of drug-likeness (QED) is 0.781. The number of nitrogens with zero attached hydrogens (tertiary/aromatic N) is 2. The first-order chi connectivity index (χ1) is 14.0. The van der Waals surface area contributed by atoms with Gasteiger partial charge in [0.05, 0.1) is 22.0 Å². The Morgan fingerprint density at radius 2 is 1.86 bits per heavy atom. The molecule has 0 bridgehead atoms. The zero-order chi connectivity index (χ0) is 20.4. The van der Waals surface area contributed by atoms with Crippen LogP contribution in [-0.4, -0.2) is 57.2 Å². The highest BCUT2D eigenvalue weighted by Gasteiger charge is 2.33. The van der Waals surface area contributed by atoms with Gasteiger partial charge in [-0.3, -0.25) is 9.10 Å². The molecule has 8 heteroatoms. The van der Waals surface area contributed by atoms with Crippen molar-refractivity contribution < 1.29 is 13.2 Å². The van der Waals surface area contributed by atoms with Gasteiger partial charge in [0, 0.05) is 19.1 Å². The molecule has 3 fully saturated rings. The molecule has 0 saturated carbocycles. The van der Waals surface area contributed by atoms with Crippen LogP contribution in [0.25, 0.3) is 0 Å². The number of nitrogens with one attached hydrogen (secondary N) is 1. The molecule has 29 heavy (non-hydrogen) atoms. The molecule has 1 N–H and O–H groups in total. The summed E-state index contributed by atoms with van der Waals surface area (Å²) in [6.07, 6.45) is 7.64. The zero-order valence-electron chi connectivity index (χ0n) is 16.8. The third kappa shape index (κ3) is 4.57. The number of benzene rings is 1. The minimum absolute atomic E-state index is 0.159. The molecule has 0 aliphatic carbocycles. The molecule has 3 saturated heterocycles. The van der Waals surface area contributed by atoms with Crippen LogP contribution in [-0.2, 0) is 10.0 Å².